The Labute approximate surface area is 267 Å². The Balaban J connectivity index is 1.25. The minimum absolute atomic E-state index is 1.03. The first-order valence-electron chi connectivity index (χ1n) is 14.6. The second kappa shape index (κ2) is 13.4. The van der Waals surface area contributed by atoms with Gasteiger partial charge in [0.25, 0.3) is 0 Å². The van der Waals surface area contributed by atoms with Crippen molar-refractivity contribution in [1.29, 1.82) is 0 Å². The summed E-state index contributed by atoms with van der Waals surface area (Å²) >= 11 is 8.13. The third-order valence-electron chi connectivity index (χ3n) is 8.00. The molecule has 2 aliphatic rings. The summed E-state index contributed by atoms with van der Waals surface area (Å²) in [5.41, 5.74) is 17.2. The molecule has 5 aromatic rings. The van der Waals surface area contributed by atoms with Crippen LogP contribution < -0.4 is 0 Å². The highest BCUT2D eigenvalue weighted by Gasteiger charge is 2.17. The lowest BCUT2D eigenvalue weighted by atomic mass is 9.90. The van der Waals surface area contributed by atoms with E-state index in [9.17, 15) is 0 Å². The van der Waals surface area contributed by atoms with Gasteiger partial charge in [-0.3, -0.25) is 0 Å². The van der Waals surface area contributed by atoms with Crippen molar-refractivity contribution < 1.29 is 0 Å². The van der Waals surface area contributed by atoms with Crippen molar-refractivity contribution in [3.05, 3.63) is 154 Å². The van der Waals surface area contributed by atoms with E-state index in [1.54, 1.807) is 0 Å². The molecular weight excluding hydrogens is 585 g/mol. The molecule has 0 nitrogen and oxygen atoms in total. The quantitative estimate of drug-likeness (QED) is 0.193. The Kier molecular flexibility index (Phi) is 9.04. The highest BCUT2D eigenvalue weighted by molar-refractivity contribution is 7.98. The highest BCUT2D eigenvalue weighted by Crippen LogP contribution is 2.39. The molecule has 0 atom stereocenters. The van der Waals surface area contributed by atoms with Gasteiger partial charge in [0.15, 0.2) is 0 Å². The van der Waals surface area contributed by atoms with Gasteiger partial charge in [-0.2, -0.15) is 47.0 Å². The summed E-state index contributed by atoms with van der Waals surface area (Å²) in [5.74, 6) is 8.32. The monoisotopic (exact) mass is 618 g/mol. The van der Waals surface area contributed by atoms with Gasteiger partial charge in [-0.05, 0) is 72.8 Å². The molecule has 0 aromatic heterocycles. The number of fused-ring (bicyclic) bond motifs is 8. The van der Waals surface area contributed by atoms with E-state index < -0.39 is 0 Å². The fourth-order valence-electron chi connectivity index (χ4n) is 6.09. The molecule has 0 fully saturated rings. The third-order valence-corrected chi connectivity index (χ3v) is 12.2. The molecule has 210 valence electrons. The maximum absolute atomic E-state index is 2.48. The van der Waals surface area contributed by atoms with Crippen LogP contribution in [0.1, 0.15) is 44.5 Å². The number of hydrogen-bond acceptors (Lipinski definition) is 4. The van der Waals surface area contributed by atoms with E-state index in [2.05, 4.69) is 109 Å². The lowest BCUT2D eigenvalue weighted by Gasteiger charge is -2.20. The SMILES string of the molecule is c1cc2cc(c1)CSCc1cccc(c1-c1cccc(-c3c4cccc3CSCc3cccc(c3)CSC4)c1)CSC2. The molecule has 8 bridgehead atoms. The van der Waals surface area contributed by atoms with Crippen molar-refractivity contribution in [1.82, 2.24) is 0 Å². The minimum Gasteiger partial charge on any atom is -0.152 e. The molecule has 2 heterocycles. The van der Waals surface area contributed by atoms with E-state index in [1.807, 2.05) is 47.0 Å². The third kappa shape index (κ3) is 6.53. The molecular formula is C38H34S4. The predicted octanol–water partition coefficient (Wildman–Crippen LogP) is 11.4. The molecule has 2 aliphatic heterocycles. The van der Waals surface area contributed by atoms with Gasteiger partial charge in [0.05, 0.1) is 0 Å². The summed E-state index contributed by atoms with van der Waals surface area (Å²) in [6, 6.07) is 41.7. The first-order valence-corrected chi connectivity index (χ1v) is 19.2. The number of thioether (sulfide) groups is 4. The molecule has 0 unspecified atom stereocenters. The van der Waals surface area contributed by atoms with Crippen LogP contribution in [0.25, 0.3) is 22.3 Å². The van der Waals surface area contributed by atoms with Crippen LogP contribution in [-0.4, -0.2) is 0 Å². The van der Waals surface area contributed by atoms with E-state index in [1.165, 1.54) is 66.8 Å². The van der Waals surface area contributed by atoms with E-state index in [4.69, 9.17) is 0 Å². The van der Waals surface area contributed by atoms with Crippen LogP contribution in [0.2, 0.25) is 0 Å². The predicted molar refractivity (Wildman–Crippen MR) is 190 cm³/mol. The zero-order valence-corrected chi connectivity index (χ0v) is 26.9. The number of hydrogen-bond donors (Lipinski definition) is 0. The first-order chi connectivity index (χ1) is 20.8. The normalized spacial score (nSPS) is 15.4. The van der Waals surface area contributed by atoms with Crippen LogP contribution in [0, 0.1) is 0 Å². The zero-order chi connectivity index (χ0) is 28.1. The topological polar surface area (TPSA) is 0 Å². The van der Waals surface area contributed by atoms with Gasteiger partial charge >= 0.3 is 0 Å². The Hall–Kier alpha value is -2.50. The molecule has 7 rings (SSSR count). The van der Waals surface area contributed by atoms with Gasteiger partial charge in [0.1, 0.15) is 0 Å². The van der Waals surface area contributed by atoms with Crippen molar-refractivity contribution >= 4 is 47.0 Å². The summed E-state index contributed by atoms with van der Waals surface area (Å²) in [6.45, 7) is 0. The Morgan fingerprint density at radius 1 is 0.310 bits per heavy atom. The summed E-state index contributed by atoms with van der Waals surface area (Å²) < 4.78 is 0. The molecule has 5 aromatic carbocycles. The summed E-state index contributed by atoms with van der Waals surface area (Å²) in [6.07, 6.45) is 0. The molecule has 42 heavy (non-hydrogen) atoms. The first kappa shape index (κ1) is 28.3. The van der Waals surface area contributed by atoms with E-state index in [0.29, 0.717) is 0 Å². The Bertz CT molecular complexity index is 1500. The molecule has 0 amide bonds. The van der Waals surface area contributed by atoms with Crippen molar-refractivity contribution in [2.75, 3.05) is 0 Å². The fourth-order valence-corrected chi connectivity index (χ4v) is 10.0. The van der Waals surface area contributed by atoms with Crippen molar-refractivity contribution in [2.45, 2.75) is 46.0 Å². The molecule has 4 heteroatoms. The summed E-state index contributed by atoms with van der Waals surface area (Å²) in [4.78, 5) is 0. The van der Waals surface area contributed by atoms with Crippen LogP contribution in [-0.2, 0) is 46.0 Å². The molecule has 0 saturated carbocycles. The van der Waals surface area contributed by atoms with E-state index >= 15 is 0 Å². The Morgan fingerprint density at radius 2 is 0.619 bits per heavy atom. The van der Waals surface area contributed by atoms with Crippen molar-refractivity contribution in [3.63, 3.8) is 0 Å². The molecule has 0 saturated heterocycles. The molecule has 0 radical (unpaired) electrons. The average molecular weight is 619 g/mol. The molecule has 0 N–H and O–H groups in total. The van der Waals surface area contributed by atoms with Crippen molar-refractivity contribution in [2.24, 2.45) is 0 Å². The standard InChI is InChI=1S/C38H34S4/c1-6-27-16-28(7-1)20-40-24-34-13-4-12-33(23-39-19-27)37(34)31-10-3-11-32(18-31)38-35-14-5-15-36(38)26-42-22-30-9-2-8-29(17-30)21-41-25-35/h1-18H,19-26H2. The second-order valence-electron chi connectivity index (χ2n) is 11.1. The summed E-state index contributed by atoms with van der Waals surface area (Å²) in [7, 11) is 0. The van der Waals surface area contributed by atoms with Crippen LogP contribution in [0.15, 0.2) is 109 Å². The van der Waals surface area contributed by atoms with Gasteiger partial charge in [-0.25, -0.2) is 0 Å². The minimum atomic E-state index is 1.03. The number of benzene rings is 5. The fraction of sp³-hybridized carbons (Fsp3) is 0.211. The maximum atomic E-state index is 2.48. The van der Waals surface area contributed by atoms with Crippen LogP contribution in [0.3, 0.4) is 0 Å². The van der Waals surface area contributed by atoms with Crippen LogP contribution in [0.5, 0.6) is 0 Å². The smallest absolute Gasteiger partial charge is 0.0194 e. The van der Waals surface area contributed by atoms with Crippen LogP contribution >= 0.6 is 47.0 Å². The van der Waals surface area contributed by atoms with Crippen LogP contribution in [0.4, 0.5) is 0 Å². The highest BCUT2D eigenvalue weighted by atomic mass is 32.2. The van der Waals surface area contributed by atoms with Gasteiger partial charge < -0.3 is 0 Å². The van der Waals surface area contributed by atoms with E-state index in [0.717, 1.165) is 46.0 Å². The average Bonchev–Trinajstić information content (AvgIpc) is 3.01. The maximum Gasteiger partial charge on any atom is 0.0194 e. The van der Waals surface area contributed by atoms with Gasteiger partial charge in [0, 0.05) is 46.0 Å². The van der Waals surface area contributed by atoms with Crippen molar-refractivity contribution in [3.8, 4) is 22.3 Å². The van der Waals surface area contributed by atoms with Gasteiger partial charge in [-0.1, -0.05) is 103 Å². The Morgan fingerprint density at radius 3 is 0.976 bits per heavy atom. The lowest BCUT2D eigenvalue weighted by Crippen LogP contribution is -1.99. The molecule has 0 spiro atoms. The summed E-state index contributed by atoms with van der Waals surface area (Å²) in [5, 5.41) is 0. The lowest BCUT2D eigenvalue weighted by molar-refractivity contribution is 1.27. The van der Waals surface area contributed by atoms with E-state index in [-0.39, 0.29) is 0 Å². The number of rotatable bonds is 2. The zero-order valence-electron chi connectivity index (χ0n) is 23.7. The van der Waals surface area contributed by atoms with Gasteiger partial charge in [0.2, 0.25) is 0 Å². The van der Waals surface area contributed by atoms with Gasteiger partial charge in [-0.15, -0.1) is 0 Å². The second-order valence-corrected chi connectivity index (χ2v) is 15.0. The largest absolute Gasteiger partial charge is 0.152 e. The molecule has 0 aliphatic carbocycles.